The minimum absolute atomic E-state index is 0.133. The molecular weight excluding hydrogens is 424 g/mol. The van der Waals surface area contributed by atoms with Crippen LogP contribution in [0, 0.1) is 29.1 Å². The molecule has 0 amide bonds. The van der Waals surface area contributed by atoms with Gasteiger partial charge in [0.1, 0.15) is 6.29 Å². The fourth-order valence-corrected chi connectivity index (χ4v) is 8.61. The number of aldehydes is 1. The topological polar surface area (TPSA) is 35.5 Å². The first-order chi connectivity index (χ1) is 15.4. The van der Waals surface area contributed by atoms with Gasteiger partial charge in [-0.05, 0) is 97.4 Å². The number of fused-ring (bicyclic) bond motifs is 1. The summed E-state index contributed by atoms with van der Waals surface area (Å²) in [5.41, 5.74) is 4.86. The van der Waals surface area contributed by atoms with Gasteiger partial charge >= 0.3 is 0 Å². The van der Waals surface area contributed by atoms with E-state index in [2.05, 4.69) is 60.7 Å². The molecule has 4 aliphatic rings. The Balaban J connectivity index is 1.58. The molecule has 0 spiro atoms. The molecule has 0 saturated heterocycles. The Morgan fingerprint density at radius 2 is 1.94 bits per heavy atom. The van der Waals surface area contributed by atoms with Crippen molar-refractivity contribution < 1.29 is 14.0 Å². The molecule has 0 aromatic carbocycles. The van der Waals surface area contributed by atoms with E-state index in [4.69, 9.17) is 9.16 Å². The molecule has 0 bridgehead atoms. The summed E-state index contributed by atoms with van der Waals surface area (Å²) in [6.45, 7) is 19.5. The van der Waals surface area contributed by atoms with Crippen molar-refractivity contribution in [2.75, 3.05) is 6.61 Å². The minimum Gasteiger partial charge on any atom is -0.410 e. The molecule has 7 atom stereocenters. The zero-order chi connectivity index (χ0) is 24.2. The monoisotopic (exact) mass is 472 g/mol. The Morgan fingerprint density at radius 3 is 2.61 bits per heavy atom. The van der Waals surface area contributed by atoms with Crippen molar-refractivity contribution in [2.45, 2.75) is 117 Å². The van der Waals surface area contributed by atoms with E-state index in [0.29, 0.717) is 17.8 Å². The first-order valence-corrected chi connectivity index (χ1v) is 16.5. The molecule has 0 radical (unpaired) electrons. The number of hydrogen-bond acceptors (Lipinski definition) is 3. The Bertz CT molecular complexity index is 819. The zero-order valence-corrected chi connectivity index (χ0v) is 23.5. The number of carbonyl (C=O) groups is 1. The van der Waals surface area contributed by atoms with Crippen molar-refractivity contribution in [2.24, 2.45) is 29.1 Å². The average molecular weight is 473 g/mol. The third kappa shape index (κ3) is 4.61. The molecule has 2 saturated carbocycles. The van der Waals surface area contributed by atoms with Crippen molar-refractivity contribution in [3.8, 4) is 0 Å². The summed E-state index contributed by atoms with van der Waals surface area (Å²) in [4.78, 5) is 11.6. The zero-order valence-electron chi connectivity index (χ0n) is 22.5. The van der Waals surface area contributed by atoms with Crippen LogP contribution in [-0.2, 0) is 14.0 Å². The lowest BCUT2D eigenvalue weighted by Gasteiger charge is -2.44. The van der Waals surface area contributed by atoms with Gasteiger partial charge < -0.3 is 14.0 Å². The predicted molar refractivity (Wildman–Crippen MR) is 139 cm³/mol. The number of rotatable bonds is 5. The van der Waals surface area contributed by atoms with Crippen LogP contribution in [0.25, 0.3) is 0 Å². The molecule has 2 fully saturated rings. The maximum Gasteiger partial charge on any atom is 0.192 e. The predicted octanol–water partition coefficient (Wildman–Crippen LogP) is 7.48. The van der Waals surface area contributed by atoms with Crippen LogP contribution in [0.1, 0.15) is 86.5 Å². The molecule has 4 heteroatoms. The highest BCUT2D eigenvalue weighted by Crippen LogP contribution is 2.59. The Labute approximate surface area is 203 Å². The van der Waals surface area contributed by atoms with Gasteiger partial charge in [-0.25, -0.2) is 0 Å². The van der Waals surface area contributed by atoms with Crippen LogP contribution in [0.15, 0.2) is 22.8 Å². The maximum atomic E-state index is 11.6. The standard InChI is InChI=1S/C29H48O3Si/c1-19-14-22-23(27(15-19)32-33(7,8)28(3,4)5)18-31-26(22)16-21-10-9-13-29(6)24(20(2)17-30)11-12-25(21)29/h16-17,19-20,24-27H,9-15,18H2,1-8H3/b21-16+/t19-,20-,24-,25+,26?,27+,29-/m1/s1. The second-order valence-corrected chi connectivity index (χ2v) is 18.3. The van der Waals surface area contributed by atoms with E-state index in [9.17, 15) is 4.79 Å². The van der Waals surface area contributed by atoms with E-state index >= 15 is 0 Å². The van der Waals surface area contributed by atoms with Crippen molar-refractivity contribution in [1.29, 1.82) is 0 Å². The van der Waals surface area contributed by atoms with Crippen LogP contribution in [-0.4, -0.2) is 33.4 Å². The van der Waals surface area contributed by atoms with Gasteiger partial charge in [-0.15, -0.1) is 0 Å². The van der Waals surface area contributed by atoms with Gasteiger partial charge in [0.05, 0.1) is 18.8 Å². The van der Waals surface area contributed by atoms with E-state index < -0.39 is 8.32 Å². The first-order valence-electron chi connectivity index (χ1n) is 13.5. The molecule has 0 aromatic heterocycles. The van der Waals surface area contributed by atoms with E-state index in [-0.39, 0.29) is 28.6 Å². The lowest BCUT2D eigenvalue weighted by molar-refractivity contribution is -0.113. The molecule has 4 rings (SSSR count). The molecule has 1 heterocycles. The van der Waals surface area contributed by atoms with Crippen LogP contribution in [0.5, 0.6) is 0 Å². The molecule has 186 valence electrons. The Kier molecular flexibility index (Phi) is 6.97. The summed E-state index contributed by atoms with van der Waals surface area (Å²) in [6.07, 6.45) is 12.5. The molecule has 0 N–H and O–H groups in total. The van der Waals surface area contributed by atoms with Crippen molar-refractivity contribution in [1.82, 2.24) is 0 Å². The van der Waals surface area contributed by atoms with Crippen LogP contribution >= 0.6 is 0 Å². The van der Waals surface area contributed by atoms with Gasteiger partial charge in [-0.3, -0.25) is 0 Å². The van der Waals surface area contributed by atoms with E-state index in [0.717, 1.165) is 19.4 Å². The largest absolute Gasteiger partial charge is 0.410 e. The maximum absolute atomic E-state index is 11.6. The molecule has 33 heavy (non-hydrogen) atoms. The number of ether oxygens (including phenoxy) is 1. The number of carbonyl (C=O) groups excluding carboxylic acids is 1. The summed E-state index contributed by atoms with van der Waals surface area (Å²) < 4.78 is 13.4. The van der Waals surface area contributed by atoms with Gasteiger partial charge in [0.15, 0.2) is 8.32 Å². The van der Waals surface area contributed by atoms with Gasteiger partial charge in [0.25, 0.3) is 0 Å². The Morgan fingerprint density at radius 1 is 1.21 bits per heavy atom. The quantitative estimate of drug-likeness (QED) is 0.236. The molecule has 1 aliphatic heterocycles. The van der Waals surface area contributed by atoms with E-state index in [1.165, 1.54) is 49.5 Å². The molecule has 1 unspecified atom stereocenters. The molecular formula is C29H48O3Si. The van der Waals surface area contributed by atoms with Crippen molar-refractivity contribution in [3.05, 3.63) is 22.8 Å². The highest BCUT2D eigenvalue weighted by molar-refractivity contribution is 6.74. The van der Waals surface area contributed by atoms with Crippen molar-refractivity contribution >= 4 is 14.6 Å². The number of hydrogen-bond donors (Lipinski definition) is 0. The van der Waals surface area contributed by atoms with E-state index in [1.807, 2.05) is 0 Å². The van der Waals surface area contributed by atoms with Crippen LogP contribution in [0.3, 0.4) is 0 Å². The van der Waals surface area contributed by atoms with Gasteiger partial charge in [-0.2, -0.15) is 0 Å². The number of allylic oxidation sites excluding steroid dienone is 1. The van der Waals surface area contributed by atoms with Gasteiger partial charge in [-0.1, -0.05) is 53.2 Å². The summed E-state index contributed by atoms with van der Waals surface area (Å²) >= 11 is 0. The molecule has 3 nitrogen and oxygen atoms in total. The van der Waals surface area contributed by atoms with Gasteiger partial charge in [0, 0.05) is 5.92 Å². The second-order valence-electron chi connectivity index (χ2n) is 13.5. The average Bonchev–Trinajstić information content (AvgIpc) is 3.27. The van der Waals surface area contributed by atoms with Crippen LogP contribution in [0.4, 0.5) is 0 Å². The highest BCUT2D eigenvalue weighted by Gasteiger charge is 2.51. The third-order valence-corrected chi connectivity index (χ3v) is 14.7. The fraction of sp³-hybridized carbons (Fsp3) is 0.828. The van der Waals surface area contributed by atoms with E-state index in [1.54, 1.807) is 5.57 Å². The third-order valence-electron chi connectivity index (χ3n) is 10.2. The minimum atomic E-state index is -1.83. The summed E-state index contributed by atoms with van der Waals surface area (Å²) in [7, 11) is -1.83. The normalized spacial score (nSPS) is 39.5. The lowest BCUT2D eigenvalue weighted by atomic mass is 9.61. The van der Waals surface area contributed by atoms with Crippen LogP contribution < -0.4 is 0 Å². The van der Waals surface area contributed by atoms with Gasteiger partial charge in [0.2, 0.25) is 0 Å². The summed E-state index contributed by atoms with van der Waals surface area (Å²) in [6, 6.07) is 0. The lowest BCUT2D eigenvalue weighted by Crippen LogP contribution is -2.45. The summed E-state index contributed by atoms with van der Waals surface area (Å²) in [5.74, 6) is 1.96. The smallest absolute Gasteiger partial charge is 0.192 e. The van der Waals surface area contributed by atoms with Crippen LogP contribution in [0.2, 0.25) is 18.1 Å². The molecule has 0 aromatic rings. The highest BCUT2D eigenvalue weighted by atomic mass is 28.4. The fourth-order valence-electron chi connectivity index (χ4n) is 7.30. The Hall–Kier alpha value is -0.713. The first kappa shape index (κ1) is 25.4. The SMILES string of the molecule is C[C@@H]1CC2=C(COC2/C=C2\CCC[C@]3(C)[C@@H]([C@H](C)C=O)CC[C@@H]23)[C@@H](O[Si](C)(C)C(C)(C)C)C1. The summed E-state index contributed by atoms with van der Waals surface area (Å²) in [5, 5.41) is 0.222. The molecule has 3 aliphatic carbocycles. The van der Waals surface area contributed by atoms with Crippen molar-refractivity contribution in [3.63, 3.8) is 0 Å². The second kappa shape index (κ2) is 9.06.